The Morgan fingerprint density at radius 1 is 1.38 bits per heavy atom. The van der Waals surface area contributed by atoms with E-state index in [0.29, 0.717) is 25.0 Å². The van der Waals surface area contributed by atoms with Crippen LogP contribution >= 0.6 is 0 Å². The number of aliphatic hydroxyl groups excluding tert-OH is 1. The van der Waals surface area contributed by atoms with Crippen LogP contribution in [-0.4, -0.2) is 30.3 Å². The molecule has 4 heteroatoms. The summed E-state index contributed by atoms with van der Waals surface area (Å²) in [6, 6.07) is 0. The van der Waals surface area contributed by atoms with Gasteiger partial charge in [-0.1, -0.05) is 34.6 Å². The average Bonchev–Trinajstić information content (AvgIpc) is 2.08. The van der Waals surface area contributed by atoms with E-state index in [1.54, 1.807) is 0 Å². The van der Waals surface area contributed by atoms with E-state index in [-0.39, 0.29) is 11.5 Å². The van der Waals surface area contributed by atoms with E-state index in [9.17, 15) is 5.11 Å². The fourth-order valence-electron chi connectivity index (χ4n) is 1.34. The van der Waals surface area contributed by atoms with Crippen LogP contribution in [0.2, 0.25) is 0 Å². The van der Waals surface area contributed by atoms with Crippen LogP contribution in [0.1, 0.15) is 41.0 Å². The predicted octanol–water partition coefficient (Wildman–Crippen LogP) is 1.34. The highest BCUT2D eigenvalue weighted by molar-refractivity contribution is 5.77. The molecule has 0 radical (unpaired) electrons. The highest BCUT2D eigenvalue weighted by Crippen LogP contribution is 2.20. The van der Waals surface area contributed by atoms with Gasteiger partial charge in [0, 0.05) is 13.1 Å². The van der Waals surface area contributed by atoms with Gasteiger partial charge in [-0.15, -0.1) is 0 Å². The van der Waals surface area contributed by atoms with E-state index < -0.39 is 0 Å². The van der Waals surface area contributed by atoms with Gasteiger partial charge in [0.25, 0.3) is 0 Å². The molecule has 0 aliphatic heterocycles. The molecule has 1 unspecified atom stereocenters. The number of nitrogens with one attached hydrogen (secondary N) is 1. The van der Waals surface area contributed by atoms with Crippen molar-refractivity contribution in [2.45, 2.75) is 47.1 Å². The first-order valence-electron chi connectivity index (χ1n) is 5.92. The van der Waals surface area contributed by atoms with Crippen molar-refractivity contribution >= 4 is 5.96 Å². The number of nitrogens with zero attached hydrogens (tertiary/aromatic N) is 1. The van der Waals surface area contributed by atoms with Gasteiger partial charge in [-0.3, -0.25) is 4.99 Å². The van der Waals surface area contributed by atoms with Crippen LogP contribution in [-0.2, 0) is 0 Å². The molecular weight excluding hydrogens is 202 g/mol. The van der Waals surface area contributed by atoms with Crippen molar-refractivity contribution in [3.8, 4) is 0 Å². The fraction of sp³-hybridized carbons (Fsp3) is 0.917. The molecule has 4 nitrogen and oxygen atoms in total. The van der Waals surface area contributed by atoms with Gasteiger partial charge in [-0.25, -0.2) is 0 Å². The van der Waals surface area contributed by atoms with Crippen molar-refractivity contribution in [2.24, 2.45) is 22.1 Å². The van der Waals surface area contributed by atoms with E-state index in [4.69, 9.17) is 5.73 Å². The van der Waals surface area contributed by atoms with Gasteiger partial charge >= 0.3 is 0 Å². The lowest BCUT2D eigenvalue weighted by Gasteiger charge is -2.22. The van der Waals surface area contributed by atoms with Crippen molar-refractivity contribution < 1.29 is 5.11 Å². The van der Waals surface area contributed by atoms with Crippen LogP contribution in [0, 0.1) is 11.3 Å². The molecule has 0 aromatic carbocycles. The summed E-state index contributed by atoms with van der Waals surface area (Å²) in [4.78, 5) is 4.16. The summed E-state index contributed by atoms with van der Waals surface area (Å²) < 4.78 is 0. The lowest BCUT2D eigenvalue weighted by Crippen LogP contribution is -2.38. The summed E-state index contributed by atoms with van der Waals surface area (Å²) in [6.07, 6.45) is 0.366. The molecular formula is C12H27N3O. The molecule has 0 bridgehead atoms. The van der Waals surface area contributed by atoms with Crippen molar-refractivity contribution in [1.82, 2.24) is 5.32 Å². The third kappa shape index (κ3) is 9.77. The molecule has 0 rings (SSSR count). The summed E-state index contributed by atoms with van der Waals surface area (Å²) in [6.45, 7) is 11.7. The van der Waals surface area contributed by atoms with Gasteiger partial charge in [-0.2, -0.15) is 0 Å². The topological polar surface area (TPSA) is 70.6 Å². The average molecular weight is 229 g/mol. The Hall–Kier alpha value is -0.770. The van der Waals surface area contributed by atoms with Crippen LogP contribution in [0.5, 0.6) is 0 Å². The van der Waals surface area contributed by atoms with Gasteiger partial charge in [0.2, 0.25) is 0 Å². The monoisotopic (exact) mass is 229 g/mol. The lowest BCUT2D eigenvalue weighted by atomic mass is 9.89. The van der Waals surface area contributed by atoms with E-state index >= 15 is 0 Å². The van der Waals surface area contributed by atoms with Crippen molar-refractivity contribution in [3.63, 3.8) is 0 Å². The minimum Gasteiger partial charge on any atom is -0.391 e. The Balaban J connectivity index is 3.83. The first-order valence-corrected chi connectivity index (χ1v) is 5.92. The molecule has 0 fully saturated rings. The van der Waals surface area contributed by atoms with E-state index in [2.05, 4.69) is 44.9 Å². The molecule has 0 saturated carbocycles. The molecule has 0 spiro atoms. The molecule has 0 aliphatic rings. The molecule has 4 N–H and O–H groups in total. The Labute approximate surface area is 99.3 Å². The molecule has 0 aromatic heterocycles. The number of guanidine groups is 1. The highest BCUT2D eigenvalue weighted by Gasteiger charge is 2.16. The Morgan fingerprint density at radius 3 is 2.38 bits per heavy atom. The number of aliphatic imine (C=N–C) groups is 1. The van der Waals surface area contributed by atoms with Crippen LogP contribution in [0.4, 0.5) is 0 Å². The summed E-state index contributed by atoms with van der Waals surface area (Å²) in [5.41, 5.74) is 5.79. The zero-order chi connectivity index (χ0) is 12.8. The van der Waals surface area contributed by atoms with Gasteiger partial charge in [0.05, 0.1) is 6.10 Å². The van der Waals surface area contributed by atoms with E-state index in [1.807, 2.05) is 0 Å². The number of hydrogen-bond acceptors (Lipinski definition) is 2. The normalized spacial score (nSPS) is 15.3. The van der Waals surface area contributed by atoms with Crippen molar-refractivity contribution in [1.29, 1.82) is 0 Å². The standard InChI is InChI=1S/C12H27N3O/c1-9(2)7-14-11(13)15-8-10(16)6-12(3,4)5/h9-10,16H,6-8H2,1-5H3,(H3,13,14,15). The van der Waals surface area contributed by atoms with Gasteiger partial charge < -0.3 is 16.2 Å². The summed E-state index contributed by atoms with van der Waals surface area (Å²) in [7, 11) is 0. The Bertz CT molecular complexity index is 219. The Kier molecular flexibility index (Phi) is 6.41. The van der Waals surface area contributed by atoms with Crippen LogP contribution in [0.15, 0.2) is 4.99 Å². The minimum atomic E-state index is -0.382. The van der Waals surface area contributed by atoms with Crippen LogP contribution < -0.4 is 11.1 Å². The molecule has 16 heavy (non-hydrogen) atoms. The predicted molar refractivity (Wildman–Crippen MR) is 69.4 cm³/mol. The van der Waals surface area contributed by atoms with Gasteiger partial charge in [0.1, 0.15) is 0 Å². The zero-order valence-corrected chi connectivity index (χ0v) is 11.2. The maximum Gasteiger partial charge on any atom is 0.188 e. The largest absolute Gasteiger partial charge is 0.391 e. The summed E-state index contributed by atoms with van der Waals surface area (Å²) in [5, 5.41) is 12.7. The summed E-state index contributed by atoms with van der Waals surface area (Å²) in [5.74, 6) is 0.918. The van der Waals surface area contributed by atoms with E-state index in [0.717, 1.165) is 6.42 Å². The molecule has 1 atom stereocenters. The van der Waals surface area contributed by atoms with Crippen molar-refractivity contribution in [3.05, 3.63) is 0 Å². The Morgan fingerprint density at radius 2 is 1.94 bits per heavy atom. The molecule has 0 aliphatic carbocycles. The third-order valence-corrected chi connectivity index (χ3v) is 1.99. The number of nitrogens with two attached hydrogens (primary N) is 1. The maximum absolute atomic E-state index is 9.74. The second kappa shape index (κ2) is 6.74. The highest BCUT2D eigenvalue weighted by atomic mass is 16.3. The molecule has 0 heterocycles. The van der Waals surface area contributed by atoms with Crippen LogP contribution in [0.3, 0.4) is 0 Å². The van der Waals surface area contributed by atoms with Gasteiger partial charge in [0.15, 0.2) is 5.96 Å². The van der Waals surface area contributed by atoms with E-state index in [1.165, 1.54) is 0 Å². The van der Waals surface area contributed by atoms with Crippen molar-refractivity contribution in [2.75, 3.05) is 13.1 Å². The molecule has 0 amide bonds. The number of rotatable bonds is 5. The molecule has 96 valence electrons. The fourth-order valence-corrected chi connectivity index (χ4v) is 1.34. The maximum atomic E-state index is 9.74. The van der Waals surface area contributed by atoms with Gasteiger partial charge in [-0.05, 0) is 17.8 Å². The smallest absolute Gasteiger partial charge is 0.188 e. The lowest BCUT2D eigenvalue weighted by molar-refractivity contribution is 0.124. The first-order chi connectivity index (χ1) is 7.20. The molecule has 0 saturated heterocycles. The van der Waals surface area contributed by atoms with Crippen LogP contribution in [0.25, 0.3) is 0 Å². The third-order valence-electron chi connectivity index (χ3n) is 1.99. The first kappa shape index (κ1) is 15.2. The summed E-state index contributed by atoms with van der Waals surface area (Å²) >= 11 is 0. The quantitative estimate of drug-likeness (QED) is 0.492. The minimum absolute atomic E-state index is 0.130. The second-order valence-corrected chi connectivity index (χ2v) is 5.92. The number of aliphatic hydroxyl groups is 1. The SMILES string of the molecule is CC(C)CN=C(N)NCC(O)CC(C)(C)C. The molecule has 0 aromatic rings. The second-order valence-electron chi connectivity index (χ2n) is 5.92. The zero-order valence-electron chi connectivity index (χ0n) is 11.2. The number of hydrogen-bond donors (Lipinski definition) is 3.